The Hall–Kier alpha value is -1.25. The lowest BCUT2D eigenvalue weighted by Crippen LogP contribution is -2.15. The van der Waals surface area contributed by atoms with Gasteiger partial charge in [-0.25, -0.2) is 0 Å². The molecule has 0 saturated heterocycles. The molecule has 0 unspecified atom stereocenters. The maximum absolute atomic E-state index is 5.78. The van der Waals surface area contributed by atoms with Crippen molar-refractivity contribution in [2.24, 2.45) is 16.6 Å². The first kappa shape index (κ1) is 9.84. The first-order chi connectivity index (χ1) is 6.11. The zero-order valence-electron chi connectivity index (χ0n) is 8.37. The van der Waals surface area contributed by atoms with Gasteiger partial charge in [0.25, 0.3) is 0 Å². The normalized spacial score (nSPS) is 12.5. The van der Waals surface area contributed by atoms with Crippen molar-refractivity contribution in [2.45, 2.75) is 20.8 Å². The van der Waals surface area contributed by atoms with Crippen LogP contribution in [-0.2, 0) is 0 Å². The highest BCUT2D eigenvalue weighted by atomic mass is 16.3. The van der Waals surface area contributed by atoms with E-state index in [1.54, 1.807) is 6.26 Å². The Labute approximate surface area is 78.7 Å². The molecule has 0 aliphatic heterocycles. The van der Waals surface area contributed by atoms with Crippen LogP contribution in [0.2, 0.25) is 0 Å². The van der Waals surface area contributed by atoms with E-state index in [1.165, 1.54) is 0 Å². The van der Waals surface area contributed by atoms with Crippen molar-refractivity contribution in [3.63, 3.8) is 0 Å². The Morgan fingerprint density at radius 2 is 2.31 bits per heavy atom. The van der Waals surface area contributed by atoms with E-state index in [4.69, 9.17) is 10.2 Å². The first-order valence-electron chi connectivity index (χ1n) is 4.45. The summed E-state index contributed by atoms with van der Waals surface area (Å²) in [6.07, 6.45) is 1.63. The second kappa shape index (κ2) is 4.12. The highest BCUT2D eigenvalue weighted by Gasteiger charge is 2.04. The molecule has 0 atom stereocenters. The molecule has 2 N–H and O–H groups in total. The first-order valence-corrected chi connectivity index (χ1v) is 4.45. The minimum atomic E-state index is 0.533. The molecule has 0 fully saturated rings. The molecule has 1 aromatic heterocycles. The van der Waals surface area contributed by atoms with E-state index in [0.717, 1.165) is 17.9 Å². The SMILES string of the molecule is Cc1occc1C(N)=NCC(C)C. The number of hydrogen-bond acceptors (Lipinski definition) is 2. The van der Waals surface area contributed by atoms with Crippen LogP contribution in [0.4, 0.5) is 0 Å². The molecule has 3 nitrogen and oxygen atoms in total. The minimum absolute atomic E-state index is 0.533. The molecular formula is C10H16N2O. The molecule has 72 valence electrons. The molecular weight excluding hydrogens is 164 g/mol. The van der Waals surface area contributed by atoms with Gasteiger partial charge in [-0.3, -0.25) is 4.99 Å². The van der Waals surface area contributed by atoms with Gasteiger partial charge in [0.1, 0.15) is 11.6 Å². The van der Waals surface area contributed by atoms with Crippen LogP contribution in [0.3, 0.4) is 0 Å². The van der Waals surface area contributed by atoms with E-state index in [1.807, 2.05) is 13.0 Å². The number of aryl methyl sites for hydroxylation is 1. The molecule has 0 spiro atoms. The Morgan fingerprint density at radius 1 is 1.62 bits per heavy atom. The summed E-state index contributed by atoms with van der Waals surface area (Å²) in [4.78, 5) is 4.26. The van der Waals surface area contributed by atoms with Crippen LogP contribution >= 0.6 is 0 Å². The van der Waals surface area contributed by atoms with Gasteiger partial charge in [0, 0.05) is 6.54 Å². The van der Waals surface area contributed by atoms with Crippen LogP contribution in [0.25, 0.3) is 0 Å². The molecule has 0 aliphatic carbocycles. The number of aliphatic imine (C=N–C) groups is 1. The van der Waals surface area contributed by atoms with E-state index >= 15 is 0 Å². The molecule has 3 heteroatoms. The smallest absolute Gasteiger partial charge is 0.129 e. The molecule has 0 bridgehead atoms. The van der Waals surface area contributed by atoms with Gasteiger partial charge >= 0.3 is 0 Å². The van der Waals surface area contributed by atoms with Gasteiger partial charge in [0.05, 0.1) is 11.8 Å². The van der Waals surface area contributed by atoms with Gasteiger partial charge in [-0.15, -0.1) is 0 Å². The van der Waals surface area contributed by atoms with Crippen LogP contribution in [0.5, 0.6) is 0 Å². The zero-order valence-corrected chi connectivity index (χ0v) is 8.37. The van der Waals surface area contributed by atoms with Crippen LogP contribution in [0.15, 0.2) is 21.7 Å². The fourth-order valence-electron chi connectivity index (χ4n) is 1.02. The van der Waals surface area contributed by atoms with Gasteiger partial charge in [-0.2, -0.15) is 0 Å². The largest absolute Gasteiger partial charge is 0.469 e. The number of nitrogens with two attached hydrogens (primary N) is 1. The summed E-state index contributed by atoms with van der Waals surface area (Å²) in [5.41, 5.74) is 6.68. The van der Waals surface area contributed by atoms with Crippen molar-refractivity contribution >= 4 is 5.84 Å². The number of rotatable bonds is 3. The molecule has 0 saturated carbocycles. The maximum atomic E-state index is 5.78. The average Bonchev–Trinajstić information content (AvgIpc) is 2.47. The topological polar surface area (TPSA) is 51.5 Å². The molecule has 1 rings (SSSR count). The molecule has 1 aromatic rings. The predicted molar refractivity (Wildman–Crippen MR) is 53.9 cm³/mol. The predicted octanol–water partition coefficient (Wildman–Crippen LogP) is 1.95. The molecule has 0 amide bonds. The number of furan rings is 1. The standard InChI is InChI=1S/C10H16N2O/c1-7(2)6-12-10(11)9-4-5-13-8(9)3/h4-5,7H,6H2,1-3H3,(H2,11,12). The Balaban J connectivity index is 2.73. The van der Waals surface area contributed by atoms with E-state index in [-0.39, 0.29) is 0 Å². The maximum Gasteiger partial charge on any atom is 0.129 e. The summed E-state index contributed by atoms with van der Waals surface area (Å²) < 4.78 is 5.13. The Kier molecular flexibility index (Phi) is 3.12. The quantitative estimate of drug-likeness (QED) is 0.571. The van der Waals surface area contributed by atoms with Gasteiger partial charge in [0.15, 0.2) is 0 Å². The third-order valence-corrected chi connectivity index (χ3v) is 1.76. The number of amidine groups is 1. The molecule has 0 radical (unpaired) electrons. The fraction of sp³-hybridized carbons (Fsp3) is 0.500. The summed E-state index contributed by atoms with van der Waals surface area (Å²) in [5.74, 6) is 1.93. The van der Waals surface area contributed by atoms with E-state index in [2.05, 4.69) is 18.8 Å². The molecule has 0 aliphatic rings. The van der Waals surface area contributed by atoms with Crippen LogP contribution in [-0.4, -0.2) is 12.4 Å². The van der Waals surface area contributed by atoms with Crippen molar-refractivity contribution in [3.05, 3.63) is 23.7 Å². The van der Waals surface area contributed by atoms with E-state index in [9.17, 15) is 0 Å². The lowest BCUT2D eigenvalue weighted by molar-refractivity contribution is 0.533. The van der Waals surface area contributed by atoms with Gasteiger partial charge in [-0.05, 0) is 18.9 Å². The number of nitrogens with zero attached hydrogens (tertiary/aromatic N) is 1. The van der Waals surface area contributed by atoms with Crippen molar-refractivity contribution in [1.29, 1.82) is 0 Å². The fourth-order valence-corrected chi connectivity index (χ4v) is 1.02. The lowest BCUT2D eigenvalue weighted by Gasteiger charge is -2.01. The summed E-state index contributed by atoms with van der Waals surface area (Å²) in [6.45, 7) is 6.86. The van der Waals surface area contributed by atoms with E-state index in [0.29, 0.717) is 11.8 Å². The summed E-state index contributed by atoms with van der Waals surface area (Å²) in [7, 11) is 0. The molecule has 0 aromatic carbocycles. The Bertz CT molecular complexity index is 300. The van der Waals surface area contributed by atoms with Crippen LogP contribution in [0, 0.1) is 12.8 Å². The van der Waals surface area contributed by atoms with Crippen LogP contribution < -0.4 is 5.73 Å². The third-order valence-electron chi connectivity index (χ3n) is 1.76. The zero-order chi connectivity index (χ0) is 9.84. The second-order valence-corrected chi connectivity index (χ2v) is 3.51. The number of hydrogen-bond donors (Lipinski definition) is 1. The van der Waals surface area contributed by atoms with Gasteiger partial charge in [0.2, 0.25) is 0 Å². The second-order valence-electron chi connectivity index (χ2n) is 3.51. The van der Waals surface area contributed by atoms with Crippen molar-refractivity contribution in [2.75, 3.05) is 6.54 Å². The summed E-state index contributed by atoms with van der Waals surface area (Å²) in [5, 5.41) is 0. The third kappa shape index (κ3) is 2.61. The summed E-state index contributed by atoms with van der Waals surface area (Å²) >= 11 is 0. The van der Waals surface area contributed by atoms with Gasteiger partial charge in [-0.1, -0.05) is 13.8 Å². The van der Waals surface area contributed by atoms with E-state index < -0.39 is 0 Å². The van der Waals surface area contributed by atoms with Gasteiger partial charge < -0.3 is 10.2 Å². The van der Waals surface area contributed by atoms with Crippen molar-refractivity contribution in [1.82, 2.24) is 0 Å². The minimum Gasteiger partial charge on any atom is -0.469 e. The van der Waals surface area contributed by atoms with Crippen molar-refractivity contribution < 1.29 is 4.42 Å². The molecule has 13 heavy (non-hydrogen) atoms. The lowest BCUT2D eigenvalue weighted by atomic mass is 10.2. The van der Waals surface area contributed by atoms with Crippen LogP contribution in [0.1, 0.15) is 25.2 Å². The monoisotopic (exact) mass is 180 g/mol. The average molecular weight is 180 g/mol. The highest BCUT2D eigenvalue weighted by molar-refractivity contribution is 5.98. The summed E-state index contributed by atoms with van der Waals surface area (Å²) in [6, 6.07) is 1.84. The van der Waals surface area contributed by atoms with Crippen molar-refractivity contribution in [3.8, 4) is 0 Å². The Morgan fingerprint density at radius 3 is 2.77 bits per heavy atom. The molecule has 1 heterocycles. The highest BCUT2D eigenvalue weighted by Crippen LogP contribution is 2.08.